The van der Waals surface area contributed by atoms with Crippen molar-refractivity contribution in [1.82, 2.24) is 10.6 Å². The number of benzene rings is 1. The highest BCUT2D eigenvalue weighted by Crippen LogP contribution is 2.17. The molecule has 1 aromatic carbocycles. The quantitative estimate of drug-likeness (QED) is 0.849. The number of hydrogen-bond donors (Lipinski definition) is 2. The van der Waals surface area contributed by atoms with Crippen LogP contribution in [0.3, 0.4) is 0 Å². The monoisotopic (exact) mass is 306 g/mol. The van der Waals surface area contributed by atoms with Gasteiger partial charge >= 0.3 is 6.09 Å². The van der Waals surface area contributed by atoms with Gasteiger partial charge in [-0.05, 0) is 37.8 Å². The van der Waals surface area contributed by atoms with E-state index < -0.39 is 12.1 Å². The summed E-state index contributed by atoms with van der Waals surface area (Å²) in [7, 11) is 0. The molecular weight excluding hydrogens is 280 g/mol. The maximum absolute atomic E-state index is 12.4. The van der Waals surface area contributed by atoms with Crippen molar-refractivity contribution in [1.29, 1.82) is 0 Å². The summed E-state index contributed by atoms with van der Waals surface area (Å²) in [5, 5.41) is 5.57. The lowest BCUT2D eigenvalue weighted by atomic mass is 10.00. The summed E-state index contributed by atoms with van der Waals surface area (Å²) < 4.78 is 4.85. The van der Waals surface area contributed by atoms with Gasteiger partial charge < -0.3 is 15.4 Å². The van der Waals surface area contributed by atoms with Crippen molar-refractivity contribution in [2.24, 2.45) is 5.92 Å². The SMILES string of the molecule is CCOC(=O)N[C@H](C(=O)N[C@H](C)c1ccccc1C)C(C)C. The van der Waals surface area contributed by atoms with Gasteiger partial charge in [0.25, 0.3) is 0 Å². The minimum atomic E-state index is -0.620. The second kappa shape index (κ2) is 8.41. The van der Waals surface area contributed by atoms with Crippen LogP contribution in [0, 0.1) is 12.8 Å². The molecule has 2 atom stereocenters. The van der Waals surface area contributed by atoms with Crippen LogP contribution in [-0.2, 0) is 9.53 Å². The van der Waals surface area contributed by atoms with E-state index >= 15 is 0 Å². The fourth-order valence-electron chi connectivity index (χ4n) is 2.29. The summed E-state index contributed by atoms with van der Waals surface area (Å²) in [6, 6.07) is 7.16. The van der Waals surface area contributed by atoms with E-state index in [-0.39, 0.29) is 24.5 Å². The highest BCUT2D eigenvalue weighted by Gasteiger charge is 2.26. The Morgan fingerprint density at radius 2 is 1.77 bits per heavy atom. The third-order valence-electron chi connectivity index (χ3n) is 3.51. The molecule has 0 aliphatic carbocycles. The molecule has 22 heavy (non-hydrogen) atoms. The summed E-state index contributed by atoms with van der Waals surface area (Å²) >= 11 is 0. The number of carbonyl (C=O) groups excluding carboxylic acids is 2. The predicted octanol–water partition coefficient (Wildman–Crippen LogP) is 2.94. The molecule has 0 aliphatic rings. The molecular formula is C17H26N2O3. The van der Waals surface area contributed by atoms with Crippen LogP contribution >= 0.6 is 0 Å². The molecule has 5 nitrogen and oxygen atoms in total. The minimum absolute atomic E-state index is 0.0338. The van der Waals surface area contributed by atoms with E-state index in [0.29, 0.717) is 0 Å². The van der Waals surface area contributed by atoms with Gasteiger partial charge in [-0.1, -0.05) is 38.1 Å². The molecule has 0 radical (unpaired) electrons. The van der Waals surface area contributed by atoms with Crippen LogP contribution in [0.2, 0.25) is 0 Å². The Morgan fingerprint density at radius 3 is 2.32 bits per heavy atom. The first kappa shape index (κ1) is 18.0. The maximum atomic E-state index is 12.4. The van der Waals surface area contributed by atoms with Crippen molar-refractivity contribution in [3.05, 3.63) is 35.4 Å². The van der Waals surface area contributed by atoms with Crippen molar-refractivity contribution < 1.29 is 14.3 Å². The molecule has 122 valence electrons. The molecule has 2 amide bonds. The van der Waals surface area contributed by atoms with Gasteiger partial charge in [-0.25, -0.2) is 4.79 Å². The van der Waals surface area contributed by atoms with Gasteiger partial charge in [0.15, 0.2) is 0 Å². The minimum Gasteiger partial charge on any atom is -0.450 e. The number of amides is 2. The molecule has 0 unspecified atom stereocenters. The molecule has 1 rings (SSSR count). The van der Waals surface area contributed by atoms with Crippen molar-refractivity contribution in [2.75, 3.05) is 6.61 Å². The van der Waals surface area contributed by atoms with E-state index in [1.807, 2.05) is 52.0 Å². The van der Waals surface area contributed by atoms with Crippen molar-refractivity contribution >= 4 is 12.0 Å². The number of aryl methyl sites for hydroxylation is 1. The molecule has 0 heterocycles. The maximum Gasteiger partial charge on any atom is 0.407 e. The van der Waals surface area contributed by atoms with E-state index in [1.165, 1.54) is 0 Å². The van der Waals surface area contributed by atoms with E-state index in [2.05, 4.69) is 10.6 Å². The van der Waals surface area contributed by atoms with Gasteiger partial charge in [-0.2, -0.15) is 0 Å². The summed E-state index contributed by atoms with van der Waals surface area (Å²) in [5.74, 6) is -0.243. The van der Waals surface area contributed by atoms with Gasteiger partial charge in [0.05, 0.1) is 12.6 Å². The van der Waals surface area contributed by atoms with E-state index in [9.17, 15) is 9.59 Å². The zero-order valence-corrected chi connectivity index (χ0v) is 14.0. The van der Waals surface area contributed by atoms with Gasteiger partial charge in [0.1, 0.15) is 6.04 Å². The van der Waals surface area contributed by atoms with Crippen LogP contribution < -0.4 is 10.6 Å². The zero-order chi connectivity index (χ0) is 16.7. The third-order valence-corrected chi connectivity index (χ3v) is 3.51. The summed E-state index contributed by atoms with van der Waals surface area (Å²) in [5.41, 5.74) is 2.18. The Bertz CT molecular complexity index is 514. The van der Waals surface area contributed by atoms with Gasteiger partial charge in [0, 0.05) is 0 Å². The van der Waals surface area contributed by atoms with Crippen LogP contribution in [0.1, 0.15) is 44.9 Å². The van der Waals surface area contributed by atoms with Gasteiger partial charge in [-0.15, -0.1) is 0 Å². The fraction of sp³-hybridized carbons (Fsp3) is 0.529. The largest absolute Gasteiger partial charge is 0.450 e. The van der Waals surface area contributed by atoms with Crippen molar-refractivity contribution in [2.45, 2.75) is 46.7 Å². The average Bonchev–Trinajstić information content (AvgIpc) is 2.44. The first-order valence-corrected chi connectivity index (χ1v) is 7.66. The molecule has 1 aromatic rings. The molecule has 0 aromatic heterocycles. The van der Waals surface area contributed by atoms with E-state index in [0.717, 1.165) is 11.1 Å². The highest BCUT2D eigenvalue weighted by molar-refractivity contribution is 5.86. The topological polar surface area (TPSA) is 67.4 Å². The molecule has 0 bridgehead atoms. The van der Waals surface area contributed by atoms with E-state index in [1.54, 1.807) is 6.92 Å². The van der Waals surface area contributed by atoms with Crippen molar-refractivity contribution in [3.63, 3.8) is 0 Å². The normalized spacial score (nSPS) is 13.4. The predicted molar refractivity (Wildman–Crippen MR) is 86.5 cm³/mol. The Kier molecular flexibility index (Phi) is 6.89. The van der Waals surface area contributed by atoms with E-state index in [4.69, 9.17) is 4.74 Å². The lowest BCUT2D eigenvalue weighted by molar-refractivity contribution is -0.124. The van der Waals surface area contributed by atoms with Crippen LogP contribution in [-0.4, -0.2) is 24.6 Å². The van der Waals surface area contributed by atoms with Gasteiger partial charge in [-0.3, -0.25) is 4.79 Å². The molecule has 2 N–H and O–H groups in total. The molecule has 0 saturated heterocycles. The van der Waals surface area contributed by atoms with Crippen LogP contribution in [0.5, 0.6) is 0 Å². The Morgan fingerprint density at radius 1 is 1.14 bits per heavy atom. The first-order valence-electron chi connectivity index (χ1n) is 7.66. The van der Waals surface area contributed by atoms with Crippen LogP contribution in [0.4, 0.5) is 4.79 Å². The first-order chi connectivity index (χ1) is 10.4. The molecule has 0 fully saturated rings. The summed E-state index contributed by atoms with van der Waals surface area (Å²) in [6.07, 6.45) is -0.570. The number of carbonyl (C=O) groups is 2. The molecule has 0 aliphatic heterocycles. The summed E-state index contributed by atoms with van der Waals surface area (Å²) in [6.45, 7) is 9.71. The standard InChI is InChI=1S/C17H26N2O3/c1-6-22-17(21)19-15(11(2)3)16(20)18-13(5)14-10-8-7-9-12(14)4/h7-11,13,15H,6H2,1-5H3,(H,18,20)(H,19,21)/t13-,15+/m1/s1. The fourth-order valence-corrected chi connectivity index (χ4v) is 2.29. The number of ether oxygens (including phenoxy) is 1. The second-order valence-electron chi connectivity index (χ2n) is 5.67. The van der Waals surface area contributed by atoms with Gasteiger partial charge in [0.2, 0.25) is 5.91 Å². The Hall–Kier alpha value is -2.04. The Labute approximate surface area is 132 Å². The molecule has 5 heteroatoms. The van der Waals surface area contributed by atoms with Crippen LogP contribution in [0.25, 0.3) is 0 Å². The average molecular weight is 306 g/mol. The number of nitrogens with one attached hydrogen (secondary N) is 2. The van der Waals surface area contributed by atoms with Crippen LogP contribution in [0.15, 0.2) is 24.3 Å². The number of alkyl carbamates (subject to hydrolysis) is 1. The lowest BCUT2D eigenvalue weighted by Gasteiger charge is -2.24. The third kappa shape index (κ3) is 5.06. The highest BCUT2D eigenvalue weighted by atomic mass is 16.5. The molecule has 0 saturated carbocycles. The smallest absolute Gasteiger partial charge is 0.407 e. The number of hydrogen-bond acceptors (Lipinski definition) is 3. The Balaban J connectivity index is 2.75. The lowest BCUT2D eigenvalue weighted by Crippen LogP contribution is -2.50. The molecule has 0 spiro atoms. The number of rotatable bonds is 6. The second-order valence-corrected chi connectivity index (χ2v) is 5.67. The van der Waals surface area contributed by atoms with Crippen molar-refractivity contribution in [3.8, 4) is 0 Å². The summed E-state index contributed by atoms with van der Waals surface area (Å²) in [4.78, 5) is 24.0. The zero-order valence-electron chi connectivity index (χ0n) is 14.0.